The zero-order valence-electron chi connectivity index (χ0n) is 15.1. The number of nitrogens with one attached hydrogen (secondary N) is 1. The Kier molecular flexibility index (Phi) is 5.43. The van der Waals surface area contributed by atoms with Crippen molar-refractivity contribution in [3.63, 3.8) is 0 Å². The van der Waals surface area contributed by atoms with Gasteiger partial charge in [0.05, 0.1) is 6.26 Å². The second kappa shape index (κ2) is 7.59. The van der Waals surface area contributed by atoms with Crippen LogP contribution in [-0.4, -0.2) is 47.5 Å². The first-order valence-corrected chi connectivity index (χ1v) is 10.5. The monoisotopic (exact) mass is 376 g/mol. The molecule has 1 aromatic heterocycles. The van der Waals surface area contributed by atoms with Crippen LogP contribution in [0.3, 0.4) is 0 Å². The zero-order chi connectivity index (χ0) is 18.7. The Labute approximate surface area is 154 Å². The molecule has 1 saturated heterocycles. The van der Waals surface area contributed by atoms with Crippen LogP contribution in [0.5, 0.6) is 0 Å². The number of nitrogens with zero attached hydrogens (tertiary/aromatic N) is 3. The molecular weight excluding hydrogens is 352 g/mol. The molecule has 1 aromatic carbocycles. The third-order valence-corrected chi connectivity index (χ3v) is 6.10. The van der Waals surface area contributed by atoms with E-state index in [9.17, 15) is 13.2 Å². The normalized spacial score (nSPS) is 16.5. The zero-order valence-corrected chi connectivity index (χ0v) is 15.9. The summed E-state index contributed by atoms with van der Waals surface area (Å²) < 4.78 is 26.5. The number of aromatic nitrogens is 2. The number of imidazole rings is 1. The van der Waals surface area contributed by atoms with Crippen molar-refractivity contribution in [3.05, 3.63) is 48.0 Å². The Hall–Kier alpha value is -2.19. The van der Waals surface area contributed by atoms with Gasteiger partial charge in [-0.1, -0.05) is 12.1 Å². The highest BCUT2D eigenvalue weighted by atomic mass is 32.2. The van der Waals surface area contributed by atoms with Crippen molar-refractivity contribution in [1.82, 2.24) is 19.2 Å². The molecule has 0 radical (unpaired) electrons. The fourth-order valence-corrected chi connectivity index (χ4v) is 4.08. The van der Waals surface area contributed by atoms with Crippen LogP contribution < -0.4 is 5.32 Å². The summed E-state index contributed by atoms with van der Waals surface area (Å²) in [6, 6.07) is 7.98. The summed E-state index contributed by atoms with van der Waals surface area (Å²) in [5, 5.41) is 2.96. The maximum absolute atomic E-state index is 12.3. The quantitative estimate of drug-likeness (QED) is 0.856. The largest absolute Gasteiger partial charge is 0.352 e. The highest BCUT2D eigenvalue weighted by Crippen LogP contribution is 2.19. The summed E-state index contributed by atoms with van der Waals surface area (Å²) in [5.74, 6) is 0.792. The Balaban J connectivity index is 1.51. The minimum Gasteiger partial charge on any atom is -0.352 e. The second-order valence-corrected chi connectivity index (χ2v) is 8.65. The predicted octanol–water partition coefficient (Wildman–Crippen LogP) is 1.47. The topological polar surface area (TPSA) is 84.3 Å². The van der Waals surface area contributed by atoms with Crippen LogP contribution in [0.2, 0.25) is 0 Å². The van der Waals surface area contributed by atoms with Gasteiger partial charge in [0.2, 0.25) is 15.9 Å². The van der Waals surface area contributed by atoms with E-state index in [1.165, 1.54) is 10.6 Å². The van der Waals surface area contributed by atoms with Gasteiger partial charge in [0.25, 0.3) is 0 Å². The molecule has 0 saturated carbocycles. The predicted molar refractivity (Wildman–Crippen MR) is 99.3 cm³/mol. The number of piperidine rings is 1. The molecule has 8 heteroatoms. The number of hydrogen-bond acceptors (Lipinski definition) is 4. The van der Waals surface area contributed by atoms with E-state index in [4.69, 9.17) is 0 Å². The van der Waals surface area contributed by atoms with Crippen molar-refractivity contribution in [2.75, 3.05) is 19.3 Å². The highest BCUT2D eigenvalue weighted by molar-refractivity contribution is 7.88. The standard InChI is InChI=1S/C18H24N4O3S/c1-14-19-9-12-22(14)17-5-3-15(4-6-17)13-20-18(23)16-7-10-21(11-8-16)26(2,24)25/h3-6,9,12,16H,7-8,10-11,13H2,1-2H3,(H,20,23). The van der Waals surface area contributed by atoms with E-state index in [0.717, 1.165) is 17.1 Å². The molecular formula is C18H24N4O3S. The van der Waals surface area contributed by atoms with Gasteiger partial charge in [-0.05, 0) is 37.5 Å². The van der Waals surface area contributed by atoms with Crippen LogP contribution >= 0.6 is 0 Å². The van der Waals surface area contributed by atoms with Crippen molar-refractivity contribution < 1.29 is 13.2 Å². The first kappa shape index (κ1) is 18.6. The third kappa shape index (κ3) is 4.31. The number of aryl methyl sites for hydroxylation is 1. The SMILES string of the molecule is Cc1nccn1-c1ccc(CNC(=O)C2CCN(S(C)(=O)=O)CC2)cc1. The van der Waals surface area contributed by atoms with Crippen LogP contribution in [0.15, 0.2) is 36.7 Å². The molecule has 1 amide bonds. The van der Waals surface area contributed by atoms with Gasteiger partial charge in [0, 0.05) is 43.6 Å². The van der Waals surface area contributed by atoms with Crippen LogP contribution in [0.25, 0.3) is 5.69 Å². The van der Waals surface area contributed by atoms with E-state index in [1.807, 2.05) is 42.0 Å². The van der Waals surface area contributed by atoms with Gasteiger partial charge < -0.3 is 9.88 Å². The summed E-state index contributed by atoms with van der Waals surface area (Å²) in [5.41, 5.74) is 2.05. The second-order valence-electron chi connectivity index (χ2n) is 6.67. The smallest absolute Gasteiger partial charge is 0.223 e. The van der Waals surface area contributed by atoms with E-state index in [0.29, 0.717) is 32.5 Å². The molecule has 26 heavy (non-hydrogen) atoms. The molecule has 1 N–H and O–H groups in total. The molecule has 0 atom stereocenters. The lowest BCUT2D eigenvalue weighted by molar-refractivity contribution is -0.126. The molecule has 2 heterocycles. The molecule has 0 aliphatic carbocycles. The van der Waals surface area contributed by atoms with Crippen LogP contribution in [-0.2, 0) is 21.4 Å². The summed E-state index contributed by atoms with van der Waals surface area (Å²) in [6.45, 7) is 3.24. The van der Waals surface area contributed by atoms with Gasteiger partial charge >= 0.3 is 0 Å². The maximum Gasteiger partial charge on any atom is 0.223 e. The Morgan fingerprint density at radius 1 is 1.23 bits per heavy atom. The van der Waals surface area contributed by atoms with Crippen LogP contribution in [0.1, 0.15) is 24.2 Å². The van der Waals surface area contributed by atoms with Gasteiger partial charge in [-0.15, -0.1) is 0 Å². The number of benzene rings is 1. The molecule has 2 aromatic rings. The molecule has 3 rings (SSSR count). The van der Waals surface area contributed by atoms with E-state index in [2.05, 4.69) is 10.3 Å². The van der Waals surface area contributed by atoms with Gasteiger partial charge in [-0.25, -0.2) is 17.7 Å². The van der Waals surface area contributed by atoms with E-state index < -0.39 is 10.0 Å². The average Bonchev–Trinajstić information content (AvgIpc) is 3.05. The summed E-state index contributed by atoms with van der Waals surface area (Å²) in [4.78, 5) is 16.5. The van der Waals surface area contributed by atoms with Crippen LogP contribution in [0, 0.1) is 12.8 Å². The lowest BCUT2D eigenvalue weighted by atomic mass is 9.97. The molecule has 1 aliphatic rings. The maximum atomic E-state index is 12.3. The molecule has 1 fully saturated rings. The van der Waals surface area contributed by atoms with Crippen LogP contribution in [0.4, 0.5) is 0 Å². The van der Waals surface area contributed by atoms with Gasteiger partial charge in [0.1, 0.15) is 5.82 Å². The molecule has 0 unspecified atom stereocenters. The fraction of sp³-hybridized carbons (Fsp3) is 0.444. The summed E-state index contributed by atoms with van der Waals surface area (Å²) >= 11 is 0. The number of hydrogen-bond donors (Lipinski definition) is 1. The van der Waals surface area contributed by atoms with Gasteiger partial charge in [-0.2, -0.15) is 0 Å². The van der Waals surface area contributed by atoms with Gasteiger partial charge in [-0.3, -0.25) is 4.79 Å². The van der Waals surface area contributed by atoms with Crippen molar-refractivity contribution in [2.45, 2.75) is 26.3 Å². The number of carbonyl (C=O) groups excluding carboxylic acids is 1. The van der Waals surface area contributed by atoms with Gasteiger partial charge in [0.15, 0.2) is 0 Å². The Morgan fingerprint density at radius 3 is 2.42 bits per heavy atom. The lowest BCUT2D eigenvalue weighted by Gasteiger charge is -2.29. The van der Waals surface area contributed by atoms with E-state index >= 15 is 0 Å². The summed E-state index contributed by atoms with van der Waals surface area (Å²) in [6.07, 6.45) is 6.02. The molecule has 7 nitrogen and oxygen atoms in total. The average molecular weight is 376 g/mol. The first-order chi connectivity index (χ1) is 12.3. The van der Waals surface area contributed by atoms with Crippen molar-refractivity contribution in [3.8, 4) is 5.69 Å². The van der Waals surface area contributed by atoms with Crippen molar-refractivity contribution in [2.24, 2.45) is 5.92 Å². The molecule has 140 valence electrons. The minimum atomic E-state index is -3.16. The molecule has 0 spiro atoms. The Morgan fingerprint density at radius 2 is 1.88 bits per heavy atom. The van der Waals surface area contributed by atoms with E-state index in [1.54, 1.807) is 6.20 Å². The molecule has 1 aliphatic heterocycles. The third-order valence-electron chi connectivity index (χ3n) is 4.80. The highest BCUT2D eigenvalue weighted by Gasteiger charge is 2.28. The summed E-state index contributed by atoms with van der Waals surface area (Å²) in [7, 11) is -3.16. The van der Waals surface area contributed by atoms with E-state index in [-0.39, 0.29) is 11.8 Å². The number of amides is 1. The minimum absolute atomic E-state index is 0.00678. The fourth-order valence-electron chi connectivity index (χ4n) is 3.21. The number of carbonyl (C=O) groups is 1. The van der Waals surface area contributed by atoms with Crippen molar-refractivity contribution >= 4 is 15.9 Å². The lowest BCUT2D eigenvalue weighted by Crippen LogP contribution is -2.42. The number of sulfonamides is 1. The molecule has 0 bridgehead atoms. The first-order valence-electron chi connectivity index (χ1n) is 8.66. The number of rotatable bonds is 5. The van der Waals surface area contributed by atoms with Crippen molar-refractivity contribution in [1.29, 1.82) is 0 Å². The Bertz CT molecular complexity index is 866.